The SMILES string of the molecule is C1=C/C(=C\C2CC2)C=C1C1CCC1. The Balaban J connectivity index is 1.73. The third-order valence-corrected chi connectivity index (χ3v) is 3.43. The first-order chi connectivity index (χ1) is 6.42. The van der Waals surface area contributed by atoms with Crippen LogP contribution in [0.1, 0.15) is 32.1 Å². The Morgan fingerprint density at radius 3 is 2.54 bits per heavy atom. The van der Waals surface area contributed by atoms with Crippen molar-refractivity contribution in [2.24, 2.45) is 11.8 Å². The maximum atomic E-state index is 2.45. The summed E-state index contributed by atoms with van der Waals surface area (Å²) in [6.07, 6.45) is 16.6. The zero-order chi connectivity index (χ0) is 8.67. The van der Waals surface area contributed by atoms with Crippen molar-refractivity contribution < 1.29 is 0 Å². The van der Waals surface area contributed by atoms with E-state index in [1.807, 2.05) is 0 Å². The van der Waals surface area contributed by atoms with E-state index >= 15 is 0 Å². The van der Waals surface area contributed by atoms with Crippen molar-refractivity contribution in [3.8, 4) is 0 Å². The molecule has 3 aliphatic carbocycles. The van der Waals surface area contributed by atoms with E-state index in [2.05, 4.69) is 24.3 Å². The van der Waals surface area contributed by atoms with E-state index in [1.54, 1.807) is 5.57 Å². The van der Waals surface area contributed by atoms with Crippen molar-refractivity contribution >= 4 is 0 Å². The second-order valence-electron chi connectivity index (χ2n) is 4.61. The molecule has 0 amide bonds. The van der Waals surface area contributed by atoms with Crippen LogP contribution in [0.4, 0.5) is 0 Å². The fraction of sp³-hybridized carbons (Fsp3) is 0.538. The van der Waals surface area contributed by atoms with Crippen LogP contribution in [0.3, 0.4) is 0 Å². The van der Waals surface area contributed by atoms with Crippen molar-refractivity contribution in [2.75, 3.05) is 0 Å². The second kappa shape index (κ2) is 2.87. The van der Waals surface area contributed by atoms with Gasteiger partial charge in [0, 0.05) is 0 Å². The van der Waals surface area contributed by atoms with Crippen LogP contribution in [-0.4, -0.2) is 0 Å². The second-order valence-corrected chi connectivity index (χ2v) is 4.61. The van der Waals surface area contributed by atoms with Crippen LogP contribution >= 0.6 is 0 Å². The maximum Gasteiger partial charge on any atom is -0.0162 e. The van der Waals surface area contributed by atoms with Gasteiger partial charge < -0.3 is 0 Å². The highest BCUT2D eigenvalue weighted by molar-refractivity contribution is 5.47. The van der Waals surface area contributed by atoms with Gasteiger partial charge in [-0.05, 0) is 48.7 Å². The summed E-state index contributed by atoms with van der Waals surface area (Å²) in [5.74, 6) is 1.82. The average molecular weight is 172 g/mol. The molecule has 2 saturated carbocycles. The van der Waals surface area contributed by atoms with Gasteiger partial charge in [-0.2, -0.15) is 0 Å². The van der Waals surface area contributed by atoms with Crippen LogP contribution in [-0.2, 0) is 0 Å². The Hall–Kier alpha value is -0.780. The van der Waals surface area contributed by atoms with Gasteiger partial charge in [0.1, 0.15) is 0 Å². The molecule has 0 heteroatoms. The molecule has 0 bridgehead atoms. The van der Waals surface area contributed by atoms with Gasteiger partial charge in [0.2, 0.25) is 0 Å². The Morgan fingerprint density at radius 1 is 1.08 bits per heavy atom. The van der Waals surface area contributed by atoms with Gasteiger partial charge in [0.25, 0.3) is 0 Å². The van der Waals surface area contributed by atoms with Crippen molar-refractivity contribution in [1.29, 1.82) is 0 Å². The Morgan fingerprint density at radius 2 is 1.92 bits per heavy atom. The fourth-order valence-electron chi connectivity index (χ4n) is 2.12. The third-order valence-electron chi connectivity index (χ3n) is 3.43. The molecule has 0 aromatic carbocycles. The molecule has 0 atom stereocenters. The molecular formula is C13H16. The average Bonchev–Trinajstić information content (AvgIpc) is 2.69. The molecule has 0 saturated heterocycles. The van der Waals surface area contributed by atoms with Crippen LogP contribution < -0.4 is 0 Å². The summed E-state index contributed by atoms with van der Waals surface area (Å²) in [5, 5.41) is 0. The van der Waals surface area contributed by atoms with E-state index in [1.165, 1.54) is 37.7 Å². The number of hydrogen-bond acceptors (Lipinski definition) is 0. The summed E-state index contributed by atoms with van der Waals surface area (Å²) in [6, 6.07) is 0. The molecule has 0 radical (unpaired) electrons. The first-order valence-corrected chi connectivity index (χ1v) is 5.53. The van der Waals surface area contributed by atoms with Crippen molar-refractivity contribution in [2.45, 2.75) is 32.1 Å². The van der Waals surface area contributed by atoms with E-state index < -0.39 is 0 Å². The normalized spacial score (nSPS) is 30.8. The van der Waals surface area contributed by atoms with Crippen molar-refractivity contribution in [3.05, 3.63) is 35.5 Å². The first kappa shape index (κ1) is 7.61. The minimum absolute atomic E-state index is 0.904. The van der Waals surface area contributed by atoms with Gasteiger partial charge in [-0.1, -0.05) is 30.7 Å². The van der Waals surface area contributed by atoms with Gasteiger partial charge in [-0.15, -0.1) is 0 Å². The lowest BCUT2D eigenvalue weighted by Crippen LogP contribution is -2.11. The molecule has 2 fully saturated rings. The molecule has 0 aromatic heterocycles. The molecule has 3 aliphatic rings. The Bertz CT molecular complexity index is 296. The van der Waals surface area contributed by atoms with Crippen molar-refractivity contribution in [3.63, 3.8) is 0 Å². The molecule has 0 N–H and O–H groups in total. The van der Waals surface area contributed by atoms with E-state index in [0.29, 0.717) is 0 Å². The minimum Gasteiger partial charge on any atom is -0.0741 e. The summed E-state index contributed by atoms with van der Waals surface area (Å²) in [6.45, 7) is 0. The maximum absolute atomic E-state index is 2.45. The topological polar surface area (TPSA) is 0 Å². The van der Waals surface area contributed by atoms with Gasteiger partial charge in [-0.25, -0.2) is 0 Å². The van der Waals surface area contributed by atoms with E-state index in [-0.39, 0.29) is 0 Å². The summed E-state index contributed by atoms with van der Waals surface area (Å²) >= 11 is 0. The first-order valence-electron chi connectivity index (χ1n) is 5.53. The molecule has 3 rings (SSSR count). The van der Waals surface area contributed by atoms with Gasteiger partial charge >= 0.3 is 0 Å². The lowest BCUT2D eigenvalue weighted by atomic mass is 9.80. The molecule has 0 spiro atoms. The van der Waals surface area contributed by atoms with Crippen molar-refractivity contribution in [1.82, 2.24) is 0 Å². The zero-order valence-electron chi connectivity index (χ0n) is 8.00. The van der Waals surface area contributed by atoms with Crippen LogP contribution in [0.5, 0.6) is 0 Å². The summed E-state index contributed by atoms with van der Waals surface area (Å²) in [5.41, 5.74) is 3.07. The molecule has 0 aliphatic heterocycles. The molecule has 13 heavy (non-hydrogen) atoms. The Kier molecular flexibility index (Phi) is 1.68. The smallest absolute Gasteiger partial charge is 0.0162 e. The Labute approximate surface area is 80.0 Å². The summed E-state index contributed by atoms with van der Waals surface area (Å²) in [4.78, 5) is 0. The van der Waals surface area contributed by atoms with E-state index in [9.17, 15) is 0 Å². The zero-order valence-corrected chi connectivity index (χ0v) is 8.00. The lowest BCUT2D eigenvalue weighted by Gasteiger charge is -2.25. The molecular weight excluding hydrogens is 156 g/mol. The highest BCUT2D eigenvalue weighted by Gasteiger charge is 2.23. The molecule has 0 nitrogen and oxygen atoms in total. The fourth-order valence-corrected chi connectivity index (χ4v) is 2.12. The van der Waals surface area contributed by atoms with E-state index in [4.69, 9.17) is 0 Å². The predicted molar refractivity (Wildman–Crippen MR) is 55.4 cm³/mol. The van der Waals surface area contributed by atoms with Crippen LogP contribution in [0, 0.1) is 11.8 Å². The standard InChI is InChI=1S/C13H16/c1-2-12(3-1)13-7-6-11(9-13)8-10-4-5-10/h6-10,12H,1-5H2/b11-8+. The number of rotatable bonds is 2. The largest absolute Gasteiger partial charge is 0.0741 e. The number of hydrogen-bond donors (Lipinski definition) is 0. The van der Waals surface area contributed by atoms with Crippen LogP contribution in [0.25, 0.3) is 0 Å². The minimum atomic E-state index is 0.904. The predicted octanol–water partition coefficient (Wildman–Crippen LogP) is 3.62. The monoisotopic (exact) mass is 172 g/mol. The van der Waals surface area contributed by atoms with Crippen LogP contribution in [0.15, 0.2) is 35.5 Å². The molecule has 0 aromatic rings. The van der Waals surface area contributed by atoms with Gasteiger partial charge in [0.15, 0.2) is 0 Å². The molecule has 68 valence electrons. The highest BCUT2D eigenvalue weighted by atomic mass is 14.3. The number of allylic oxidation sites excluding steroid dienone is 6. The van der Waals surface area contributed by atoms with E-state index in [0.717, 1.165) is 11.8 Å². The summed E-state index contributed by atoms with van der Waals surface area (Å²) < 4.78 is 0. The third kappa shape index (κ3) is 1.50. The molecule has 0 unspecified atom stereocenters. The highest BCUT2D eigenvalue weighted by Crippen LogP contribution is 2.38. The van der Waals surface area contributed by atoms with Crippen LogP contribution in [0.2, 0.25) is 0 Å². The summed E-state index contributed by atoms with van der Waals surface area (Å²) in [7, 11) is 0. The van der Waals surface area contributed by atoms with Gasteiger partial charge in [0.05, 0.1) is 0 Å². The molecule has 0 heterocycles. The van der Waals surface area contributed by atoms with Gasteiger partial charge in [-0.3, -0.25) is 0 Å². The lowest BCUT2D eigenvalue weighted by molar-refractivity contribution is 0.375. The quantitative estimate of drug-likeness (QED) is 0.596.